The van der Waals surface area contributed by atoms with Crippen LogP contribution in [0.15, 0.2) is 51.8 Å². The number of benzene rings is 2. The fraction of sp³-hybridized carbons (Fsp3) is 0.0769. The van der Waals surface area contributed by atoms with Crippen molar-refractivity contribution in [2.75, 3.05) is 7.11 Å². The van der Waals surface area contributed by atoms with Crippen molar-refractivity contribution in [2.24, 2.45) is 0 Å². The molecule has 2 aromatic rings. The van der Waals surface area contributed by atoms with Crippen LogP contribution in [0.3, 0.4) is 0 Å². The molecule has 0 aliphatic rings. The summed E-state index contributed by atoms with van der Waals surface area (Å²) in [6, 6.07) is 11.5. The van der Waals surface area contributed by atoms with Crippen LogP contribution in [0.2, 0.25) is 0 Å². The molecule has 0 unspecified atom stereocenters. The first-order valence-electron chi connectivity index (χ1n) is 5.34. The highest BCUT2D eigenvalue weighted by Crippen LogP contribution is 2.36. The van der Waals surface area contributed by atoms with Gasteiger partial charge in [-0.05, 0) is 24.3 Å². The summed E-state index contributed by atoms with van der Waals surface area (Å²) >= 11 is 3.33. The predicted octanol–water partition coefficient (Wildman–Crippen LogP) is 3.37. The van der Waals surface area contributed by atoms with E-state index in [2.05, 4.69) is 15.9 Å². The van der Waals surface area contributed by atoms with Crippen LogP contribution in [0.1, 0.15) is 0 Å². The molecule has 2 rings (SSSR count). The molecule has 0 aromatic heterocycles. The zero-order chi connectivity index (χ0) is 14.0. The first kappa shape index (κ1) is 14.0. The van der Waals surface area contributed by atoms with Gasteiger partial charge in [0.1, 0.15) is 10.6 Å². The highest BCUT2D eigenvalue weighted by molar-refractivity contribution is 9.10. The Morgan fingerprint density at radius 2 is 1.79 bits per heavy atom. The van der Waals surface area contributed by atoms with Gasteiger partial charge in [-0.1, -0.05) is 34.1 Å². The lowest BCUT2D eigenvalue weighted by molar-refractivity contribution is 0.416. The third-order valence-corrected chi connectivity index (χ3v) is 4.02. The predicted molar refractivity (Wildman–Crippen MR) is 75.9 cm³/mol. The van der Waals surface area contributed by atoms with E-state index in [0.29, 0.717) is 16.9 Å². The number of hydrogen-bond donors (Lipinski definition) is 1. The molecular formula is C13H11BrO4S. The molecule has 0 saturated carbocycles. The van der Waals surface area contributed by atoms with Gasteiger partial charge in [0.05, 0.1) is 7.11 Å². The molecule has 2 aromatic carbocycles. The minimum Gasteiger partial charge on any atom is -0.496 e. The minimum absolute atomic E-state index is 0.147. The molecule has 0 amide bonds. The lowest BCUT2D eigenvalue weighted by Gasteiger charge is -2.12. The highest BCUT2D eigenvalue weighted by Gasteiger charge is 2.18. The Morgan fingerprint density at radius 1 is 1.11 bits per heavy atom. The molecule has 19 heavy (non-hydrogen) atoms. The van der Waals surface area contributed by atoms with Crippen LogP contribution in [0.5, 0.6) is 5.75 Å². The third kappa shape index (κ3) is 2.97. The van der Waals surface area contributed by atoms with Gasteiger partial charge in [0, 0.05) is 15.6 Å². The number of ether oxygens (including phenoxy) is 1. The van der Waals surface area contributed by atoms with E-state index < -0.39 is 10.1 Å². The van der Waals surface area contributed by atoms with Crippen molar-refractivity contribution in [3.05, 3.63) is 46.9 Å². The minimum atomic E-state index is -4.29. The van der Waals surface area contributed by atoms with Gasteiger partial charge in [0.15, 0.2) is 0 Å². The number of halogens is 1. The van der Waals surface area contributed by atoms with E-state index >= 15 is 0 Å². The standard InChI is InChI=1S/C13H11BrO4S/c1-18-12-7-6-9(14)8-11(12)10-4-2-3-5-13(10)19(15,16)17/h2-8H,1H3,(H,15,16,17). The van der Waals surface area contributed by atoms with E-state index in [-0.39, 0.29) is 4.90 Å². The smallest absolute Gasteiger partial charge is 0.295 e. The molecule has 0 saturated heterocycles. The van der Waals surface area contributed by atoms with Gasteiger partial charge in [-0.2, -0.15) is 8.42 Å². The molecule has 0 bridgehead atoms. The number of hydrogen-bond acceptors (Lipinski definition) is 3. The maximum Gasteiger partial charge on any atom is 0.295 e. The Balaban J connectivity index is 2.76. The molecule has 0 spiro atoms. The van der Waals surface area contributed by atoms with Crippen molar-refractivity contribution in [1.29, 1.82) is 0 Å². The molecule has 6 heteroatoms. The Morgan fingerprint density at radius 3 is 2.42 bits per heavy atom. The molecule has 0 aliphatic carbocycles. The monoisotopic (exact) mass is 342 g/mol. The highest BCUT2D eigenvalue weighted by atomic mass is 79.9. The summed E-state index contributed by atoms with van der Waals surface area (Å²) in [6.45, 7) is 0. The van der Waals surface area contributed by atoms with E-state index in [0.717, 1.165) is 4.47 Å². The van der Waals surface area contributed by atoms with Gasteiger partial charge < -0.3 is 4.74 Å². The third-order valence-electron chi connectivity index (χ3n) is 2.62. The Labute approximate surface area is 119 Å². The van der Waals surface area contributed by atoms with Crippen LogP contribution in [-0.2, 0) is 10.1 Å². The van der Waals surface area contributed by atoms with Crippen molar-refractivity contribution >= 4 is 26.0 Å². The summed E-state index contributed by atoms with van der Waals surface area (Å²) in [7, 11) is -2.79. The summed E-state index contributed by atoms with van der Waals surface area (Å²) in [5.74, 6) is 0.527. The topological polar surface area (TPSA) is 63.6 Å². The van der Waals surface area contributed by atoms with Crippen molar-refractivity contribution in [2.45, 2.75) is 4.90 Å². The van der Waals surface area contributed by atoms with Crippen molar-refractivity contribution in [1.82, 2.24) is 0 Å². The van der Waals surface area contributed by atoms with Gasteiger partial charge in [0.25, 0.3) is 10.1 Å². The van der Waals surface area contributed by atoms with Crippen LogP contribution < -0.4 is 4.74 Å². The summed E-state index contributed by atoms with van der Waals surface area (Å²) in [5, 5.41) is 0. The van der Waals surface area contributed by atoms with Crippen LogP contribution in [-0.4, -0.2) is 20.1 Å². The lowest BCUT2D eigenvalue weighted by atomic mass is 10.0. The average Bonchev–Trinajstić information content (AvgIpc) is 2.37. The zero-order valence-electron chi connectivity index (χ0n) is 10.00. The summed E-state index contributed by atoms with van der Waals surface area (Å²) in [5.41, 5.74) is 0.980. The van der Waals surface area contributed by atoms with Crippen LogP contribution in [0, 0.1) is 0 Å². The fourth-order valence-electron chi connectivity index (χ4n) is 1.80. The van der Waals surface area contributed by atoms with Crippen LogP contribution in [0.4, 0.5) is 0 Å². The normalized spacial score (nSPS) is 11.3. The van der Waals surface area contributed by atoms with Crippen molar-refractivity contribution in [3.8, 4) is 16.9 Å². The number of rotatable bonds is 3. The molecule has 1 N–H and O–H groups in total. The van der Waals surface area contributed by atoms with Crippen LogP contribution in [0.25, 0.3) is 11.1 Å². The maximum atomic E-state index is 11.4. The number of methoxy groups -OCH3 is 1. The molecule has 0 radical (unpaired) electrons. The van der Waals surface area contributed by atoms with E-state index in [1.807, 2.05) is 0 Å². The summed E-state index contributed by atoms with van der Waals surface area (Å²) in [4.78, 5) is -0.147. The quantitative estimate of drug-likeness (QED) is 0.868. The zero-order valence-corrected chi connectivity index (χ0v) is 12.4. The Kier molecular flexibility index (Phi) is 3.93. The Hall–Kier alpha value is -1.37. The first-order chi connectivity index (χ1) is 8.93. The molecule has 0 heterocycles. The maximum absolute atomic E-state index is 11.4. The average molecular weight is 343 g/mol. The van der Waals surface area contributed by atoms with Crippen LogP contribution >= 0.6 is 15.9 Å². The largest absolute Gasteiger partial charge is 0.496 e. The van der Waals surface area contributed by atoms with Gasteiger partial charge in [0.2, 0.25) is 0 Å². The SMILES string of the molecule is COc1ccc(Br)cc1-c1ccccc1S(=O)(=O)O. The van der Waals surface area contributed by atoms with Crippen molar-refractivity contribution in [3.63, 3.8) is 0 Å². The van der Waals surface area contributed by atoms with Gasteiger partial charge in [-0.15, -0.1) is 0 Å². The second-order valence-corrected chi connectivity index (χ2v) is 6.12. The molecule has 0 atom stereocenters. The molecule has 0 fully saturated rings. The van der Waals surface area contributed by atoms with E-state index in [4.69, 9.17) is 4.74 Å². The second-order valence-electron chi connectivity index (χ2n) is 3.82. The summed E-state index contributed by atoms with van der Waals surface area (Å²) in [6.07, 6.45) is 0. The van der Waals surface area contributed by atoms with E-state index in [1.54, 1.807) is 36.4 Å². The fourth-order valence-corrected chi connectivity index (χ4v) is 2.87. The van der Waals surface area contributed by atoms with Crippen molar-refractivity contribution < 1.29 is 17.7 Å². The second kappa shape index (κ2) is 5.32. The summed E-state index contributed by atoms with van der Waals surface area (Å²) < 4.78 is 38.1. The Bertz CT molecular complexity index is 710. The molecule has 100 valence electrons. The first-order valence-corrected chi connectivity index (χ1v) is 7.57. The van der Waals surface area contributed by atoms with Gasteiger partial charge >= 0.3 is 0 Å². The van der Waals surface area contributed by atoms with Gasteiger partial charge in [-0.25, -0.2) is 0 Å². The van der Waals surface area contributed by atoms with E-state index in [9.17, 15) is 13.0 Å². The molecule has 4 nitrogen and oxygen atoms in total. The lowest BCUT2D eigenvalue weighted by Crippen LogP contribution is -2.01. The molecular weight excluding hydrogens is 332 g/mol. The van der Waals surface area contributed by atoms with E-state index in [1.165, 1.54) is 13.2 Å². The molecule has 0 aliphatic heterocycles. The van der Waals surface area contributed by atoms with Gasteiger partial charge in [-0.3, -0.25) is 4.55 Å².